The van der Waals surface area contributed by atoms with E-state index in [-0.39, 0.29) is 17.4 Å². The molecule has 116 valence electrons. The molecule has 0 aromatic rings. The van der Waals surface area contributed by atoms with Crippen molar-refractivity contribution in [2.24, 2.45) is 11.8 Å². The Morgan fingerprint density at radius 1 is 1.35 bits per heavy atom. The summed E-state index contributed by atoms with van der Waals surface area (Å²) in [4.78, 5) is 12.3. The van der Waals surface area contributed by atoms with E-state index in [0.717, 1.165) is 31.7 Å². The van der Waals surface area contributed by atoms with Crippen molar-refractivity contribution in [1.82, 2.24) is 10.6 Å². The van der Waals surface area contributed by atoms with E-state index in [9.17, 15) is 4.79 Å². The third-order valence-electron chi connectivity index (χ3n) is 5.15. The molecule has 2 N–H and O–H groups in total. The van der Waals surface area contributed by atoms with Crippen LogP contribution in [0.25, 0.3) is 0 Å². The Morgan fingerprint density at radius 2 is 2.10 bits per heavy atom. The first-order valence-electron chi connectivity index (χ1n) is 8.21. The van der Waals surface area contributed by atoms with Gasteiger partial charge in [-0.1, -0.05) is 13.3 Å². The van der Waals surface area contributed by atoms with E-state index in [1.165, 1.54) is 25.7 Å². The van der Waals surface area contributed by atoms with Crippen LogP contribution in [-0.2, 0) is 9.53 Å². The van der Waals surface area contributed by atoms with Crippen molar-refractivity contribution in [3.8, 4) is 0 Å². The van der Waals surface area contributed by atoms with Gasteiger partial charge in [0.2, 0.25) is 5.91 Å². The van der Waals surface area contributed by atoms with Crippen LogP contribution < -0.4 is 10.6 Å². The maximum absolute atomic E-state index is 12.3. The van der Waals surface area contributed by atoms with Crippen molar-refractivity contribution < 1.29 is 9.53 Å². The van der Waals surface area contributed by atoms with E-state index in [1.807, 2.05) is 0 Å². The van der Waals surface area contributed by atoms with Gasteiger partial charge in [0, 0.05) is 19.6 Å². The number of carbonyl (C=O) groups excluding carboxylic acids is 1. The minimum atomic E-state index is -0.0367. The quantitative estimate of drug-likeness (QED) is 0.784. The Hall–Kier alpha value is -0.610. The maximum atomic E-state index is 12.3. The number of carbonyl (C=O) groups is 1. The fourth-order valence-corrected chi connectivity index (χ4v) is 3.70. The highest BCUT2D eigenvalue weighted by Gasteiger charge is 2.34. The summed E-state index contributed by atoms with van der Waals surface area (Å²) in [6.45, 7) is 4.66. The van der Waals surface area contributed by atoms with Crippen molar-refractivity contribution >= 4 is 5.91 Å². The monoisotopic (exact) mass is 282 g/mol. The number of nitrogens with one attached hydrogen (secondary N) is 2. The summed E-state index contributed by atoms with van der Waals surface area (Å²) >= 11 is 0. The molecule has 4 nitrogen and oxygen atoms in total. The highest BCUT2D eigenvalue weighted by molar-refractivity contribution is 5.78. The maximum Gasteiger partial charge on any atom is 0.223 e. The second-order valence-electron chi connectivity index (χ2n) is 6.59. The number of ether oxygens (including phenoxy) is 1. The molecule has 1 saturated heterocycles. The van der Waals surface area contributed by atoms with Crippen molar-refractivity contribution in [3.63, 3.8) is 0 Å². The van der Waals surface area contributed by atoms with Gasteiger partial charge in [0.1, 0.15) is 0 Å². The molecule has 0 spiro atoms. The molecule has 2 rings (SSSR count). The third kappa shape index (κ3) is 3.95. The summed E-state index contributed by atoms with van der Waals surface area (Å²) in [6, 6.07) is 0. The van der Waals surface area contributed by atoms with E-state index in [2.05, 4.69) is 17.6 Å². The molecule has 1 aliphatic heterocycles. The molecule has 1 unspecified atom stereocenters. The molecule has 20 heavy (non-hydrogen) atoms. The minimum Gasteiger partial charge on any atom is -0.383 e. The second-order valence-corrected chi connectivity index (χ2v) is 6.59. The van der Waals surface area contributed by atoms with Gasteiger partial charge in [0.25, 0.3) is 0 Å². The van der Waals surface area contributed by atoms with Crippen LogP contribution in [0.4, 0.5) is 0 Å². The van der Waals surface area contributed by atoms with Gasteiger partial charge in [-0.05, 0) is 51.0 Å². The zero-order chi connectivity index (χ0) is 14.4. The molecule has 1 atom stereocenters. The van der Waals surface area contributed by atoms with Gasteiger partial charge < -0.3 is 15.4 Å². The van der Waals surface area contributed by atoms with Gasteiger partial charge in [-0.15, -0.1) is 0 Å². The Morgan fingerprint density at radius 3 is 2.65 bits per heavy atom. The van der Waals surface area contributed by atoms with Crippen LogP contribution in [0.15, 0.2) is 0 Å². The zero-order valence-electron chi connectivity index (χ0n) is 13.0. The first-order valence-corrected chi connectivity index (χ1v) is 8.21. The molecule has 0 bridgehead atoms. The average molecular weight is 282 g/mol. The first kappa shape index (κ1) is 15.8. The number of amides is 1. The molecular formula is C16H30N2O2. The van der Waals surface area contributed by atoms with Gasteiger partial charge in [0.15, 0.2) is 0 Å². The van der Waals surface area contributed by atoms with Crippen LogP contribution in [0.1, 0.15) is 51.9 Å². The number of hydrogen-bond donors (Lipinski definition) is 2. The van der Waals surface area contributed by atoms with Crippen molar-refractivity contribution in [1.29, 1.82) is 0 Å². The fraction of sp³-hybridized carbons (Fsp3) is 0.938. The summed E-state index contributed by atoms with van der Waals surface area (Å²) in [7, 11) is 1.73. The summed E-state index contributed by atoms with van der Waals surface area (Å²) in [5, 5.41) is 6.68. The van der Waals surface area contributed by atoms with Crippen molar-refractivity contribution in [2.75, 3.05) is 26.8 Å². The van der Waals surface area contributed by atoms with Crippen LogP contribution in [0.5, 0.6) is 0 Å². The third-order valence-corrected chi connectivity index (χ3v) is 5.15. The lowest BCUT2D eigenvalue weighted by Gasteiger charge is -2.31. The van der Waals surface area contributed by atoms with E-state index in [4.69, 9.17) is 4.74 Å². The number of methoxy groups -OCH3 is 1. The predicted molar refractivity (Wildman–Crippen MR) is 80.6 cm³/mol. The van der Waals surface area contributed by atoms with Crippen LogP contribution in [-0.4, -0.2) is 38.3 Å². The van der Waals surface area contributed by atoms with E-state index in [0.29, 0.717) is 13.2 Å². The van der Waals surface area contributed by atoms with Crippen molar-refractivity contribution in [3.05, 3.63) is 0 Å². The van der Waals surface area contributed by atoms with Crippen molar-refractivity contribution in [2.45, 2.75) is 57.4 Å². The summed E-state index contributed by atoms with van der Waals surface area (Å²) in [5.74, 6) is 1.33. The Balaban J connectivity index is 1.77. The smallest absolute Gasteiger partial charge is 0.223 e. The number of hydrogen-bond acceptors (Lipinski definition) is 3. The Kier molecular flexibility index (Phi) is 5.85. The lowest BCUT2D eigenvalue weighted by molar-refractivity contribution is -0.126. The molecule has 0 radical (unpaired) electrons. The molecule has 2 aliphatic rings. The lowest BCUT2D eigenvalue weighted by Crippen LogP contribution is -2.53. The van der Waals surface area contributed by atoms with Crippen LogP contribution >= 0.6 is 0 Å². The largest absolute Gasteiger partial charge is 0.383 e. The van der Waals surface area contributed by atoms with E-state index < -0.39 is 0 Å². The normalized spacial score (nSPS) is 34.1. The SMILES string of the molecule is CCC1CCC(C(=O)NCC2(COC)CCCN2)CC1. The standard InChI is InChI=1S/C16H30N2O2/c1-3-13-5-7-14(8-6-13)15(19)17-11-16(12-20-2)9-4-10-18-16/h13-14,18H,3-12H2,1-2H3,(H,17,19). The second kappa shape index (κ2) is 7.41. The Bertz CT molecular complexity index is 306. The van der Waals surface area contributed by atoms with Crippen LogP contribution in [0.2, 0.25) is 0 Å². The fourth-order valence-electron chi connectivity index (χ4n) is 3.70. The van der Waals surface area contributed by atoms with Gasteiger partial charge in [0.05, 0.1) is 12.1 Å². The summed E-state index contributed by atoms with van der Waals surface area (Å²) in [6.07, 6.45) is 8.08. The highest BCUT2D eigenvalue weighted by atomic mass is 16.5. The van der Waals surface area contributed by atoms with Gasteiger partial charge in [-0.3, -0.25) is 4.79 Å². The van der Waals surface area contributed by atoms with Crippen LogP contribution in [0, 0.1) is 11.8 Å². The zero-order valence-corrected chi connectivity index (χ0v) is 13.0. The molecule has 1 amide bonds. The van der Waals surface area contributed by atoms with Gasteiger partial charge in [-0.25, -0.2) is 0 Å². The number of rotatable bonds is 6. The molecule has 4 heteroatoms. The summed E-state index contributed by atoms with van der Waals surface area (Å²) in [5.41, 5.74) is -0.0367. The Labute approximate surface area is 123 Å². The molecule has 0 aromatic carbocycles. The molecule has 1 saturated carbocycles. The predicted octanol–water partition coefficient (Wildman–Crippen LogP) is 2.09. The van der Waals surface area contributed by atoms with Gasteiger partial charge in [-0.2, -0.15) is 0 Å². The molecule has 0 aromatic heterocycles. The first-order chi connectivity index (χ1) is 9.69. The van der Waals surface area contributed by atoms with E-state index >= 15 is 0 Å². The lowest BCUT2D eigenvalue weighted by atomic mass is 9.80. The molecular weight excluding hydrogens is 252 g/mol. The van der Waals surface area contributed by atoms with Gasteiger partial charge >= 0.3 is 0 Å². The van der Waals surface area contributed by atoms with Crippen LogP contribution in [0.3, 0.4) is 0 Å². The molecule has 2 fully saturated rings. The highest BCUT2D eigenvalue weighted by Crippen LogP contribution is 2.30. The van der Waals surface area contributed by atoms with E-state index in [1.54, 1.807) is 7.11 Å². The minimum absolute atomic E-state index is 0.0367. The summed E-state index contributed by atoms with van der Waals surface area (Å²) < 4.78 is 5.32. The molecule has 1 heterocycles. The molecule has 1 aliphatic carbocycles. The topological polar surface area (TPSA) is 50.4 Å². The average Bonchev–Trinajstić information content (AvgIpc) is 2.94.